The highest BCUT2D eigenvalue weighted by atomic mass is 32.1. The molecule has 110 valence electrons. The van der Waals surface area contributed by atoms with Gasteiger partial charge in [0.1, 0.15) is 5.75 Å². The Kier molecular flexibility index (Phi) is 4.50. The molecule has 0 atom stereocenters. The lowest BCUT2D eigenvalue weighted by atomic mass is 10.0. The van der Waals surface area contributed by atoms with E-state index in [-0.39, 0.29) is 5.91 Å². The van der Waals surface area contributed by atoms with Crippen LogP contribution in [0.2, 0.25) is 0 Å². The van der Waals surface area contributed by atoms with Crippen molar-refractivity contribution in [2.45, 2.75) is 32.1 Å². The molecule has 0 saturated heterocycles. The van der Waals surface area contributed by atoms with Gasteiger partial charge in [0.2, 0.25) is 5.91 Å². The van der Waals surface area contributed by atoms with Gasteiger partial charge in [0, 0.05) is 4.88 Å². The molecule has 1 N–H and O–H groups in total. The van der Waals surface area contributed by atoms with Crippen LogP contribution in [0.25, 0.3) is 0 Å². The van der Waals surface area contributed by atoms with Gasteiger partial charge in [-0.3, -0.25) is 4.79 Å². The molecular formula is C16H18N2O2S. The van der Waals surface area contributed by atoms with Gasteiger partial charge in [0.05, 0.1) is 18.7 Å². The molecular weight excluding hydrogens is 284 g/mol. The zero-order valence-corrected chi connectivity index (χ0v) is 12.6. The van der Waals surface area contributed by atoms with Crippen molar-refractivity contribution in [3.63, 3.8) is 0 Å². The summed E-state index contributed by atoms with van der Waals surface area (Å²) in [5.74, 6) is 0.743. The van der Waals surface area contributed by atoms with Gasteiger partial charge in [-0.2, -0.15) is 0 Å². The van der Waals surface area contributed by atoms with E-state index in [1.165, 1.54) is 23.4 Å². The molecule has 1 amide bonds. The average Bonchev–Trinajstić information content (AvgIpc) is 2.90. The van der Waals surface area contributed by atoms with Gasteiger partial charge in [-0.15, -0.1) is 11.3 Å². The molecule has 0 saturated carbocycles. The average molecular weight is 302 g/mol. The number of ether oxygens (including phenoxy) is 1. The van der Waals surface area contributed by atoms with Crippen molar-refractivity contribution in [3.8, 4) is 5.75 Å². The Morgan fingerprint density at radius 1 is 1.24 bits per heavy atom. The first-order chi connectivity index (χ1) is 10.3. The van der Waals surface area contributed by atoms with Crippen LogP contribution in [0, 0.1) is 0 Å². The molecule has 4 nitrogen and oxygen atoms in total. The lowest BCUT2D eigenvalue weighted by Gasteiger charge is -2.06. The van der Waals surface area contributed by atoms with Crippen LogP contribution in [0.5, 0.6) is 5.75 Å². The fourth-order valence-corrected chi connectivity index (χ4v) is 3.43. The Morgan fingerprint density at radius 3 is 2.86 bits per heavy atom. The van der Waals surface area contributed by atoms with Crippen LogP contribution in [-0.4, -0.2) is 17.5 Å². The van der Waals surface area contributed by atoms with Gasteiger partial charge in [-0.05, 0) is 37.8 Å². The number of benzene rings is 1. The number of para-hydroxylation sites is 1. The third-order valence-corrected chi connectivity index (χ3v) is 4.51. The summed E-state index contributed by atoms with van der Waals surface area (Å²) in [5.41, 5.74) is 1.17. The van der Waals surface area contributed by atoms with Crippen molar-refractivity contribution < 1.29 is 9.53 Å². The number of anilines is 1. The second-order valence-electron chi connectivity index (χ2n) is 5.06. The van der Waals surface area contributed by atoms with Crippen LogP contribution < -0.4 is 10.1 Å². The van der Waals surface area contributed by atoms with Gasteiger partial charge in [-0.1, -0.05) is 18.2 Å². The predicted octanol–water partition coefficient (Wildman–Crippen LogP) is 3.43. The lowest BCUT2D eigenvalue weighted by Crippen LogP contribution is -2.15. The van der Waals surface area contributed by atoms with Gasteiger partial charge in [-0.25, -0.2) is 4.98 Å². The fourth-order valence-electron chi connectivity index (χ4n) is 2.37. The summed E-state index contributed by atoms with van der Waals surface area (Å²) >= 11 is 1.61. The highest BCUT2D eigenvalue weighted by Crippen LogP contribution is 2.29. The summed E-state index contributed by atoms with van der Waals surface area (Å²) in [7, 11) is 0. The number of fused-ring (bicyclic) bond motifs is 1. The van der Waals surface area contributed by atoms with Gasteiger partial charge >= 0.3 is 0 Å². The third-order valence-electron chi connectivity index (χ3n) is 3.43. The normalized spacial score (nSPS) is 13.5. The number of hydrogen-bond acceptors (Lipinski definition) is 4. The highest BCUT2D eigenvalue weighted by molar-refractivity contribution is 7.15. The maximum Gasteiger partial charge on any atom is 0.229 e. The molecule has 1 aromatic carbocycles. The number of carbonyl (C=O) groups excluding carboxylic acids is 1. The lowest BCUT2D eigenvalue weighted by molar-refractivity contribution is -0.116. The number of aromatic nitrogens is 1. The summed E-state index contributed by atoms with van der Waals surface area (Å²) in [6.45, 7) is 0.376. The van der Waals surface area contributed by atoms with Gasteiger partial charge in [0.15, 0.2) is 5.13 Å². The summed E-state index contributed by atoms with van der Waals surface area (Å²) in [4.78, 5) is 17.7. The van der Waals surface area contributed by atoms with Gasteiger partial charge in [0.25, 0.3) is 0 Å². The zero-order valence-electron chi connectivity index (χ0n) is 11.8. The van der Waals surface area contributed by atoms with E-state index in [1.54, 1.807) is 11.3 Å². The number of aryl methyl sites for hydroxylation is 2. The quantitative estimate of drug-likeness (QED) is 0.920. The fraction of sp³-hybridized carbons (Fsp3) is 0.375. The van der Waals surface area contributed by atoms with E-state index in [9.17, 15) is 4.79 Å². The van der Waals surface area contributed by atoms with Crippen molar-refractivity contribution in [1.82, 2.24) is 4.98 Å². The Hall–Kier alpha value is -1.88. The standard InChI is InChI=1S/C16H18N2O2S/c19-15(10-11-20-12-6-2-1-3-7-12)18-16-17-13-8-4-5-9-14(13)21-16/h1-3,6-7H,4-5,8-11H2,(H,17,18,19). The van der Waals surface area contributed by atoms with Crippen molar-refractivity contribution in [3.05, 3.63) is 40.9 Å². The minimum atomic E-state index is -0.0444. The number of hydrogen-bond donors (Lipinski definition) is 1. The molecule has 21 heavy (non-hydrogen) atoms. The molecule has 1 heterocycles. The van der Waals surface area contributed by atoms with Crippen LogP contribution in [0.3, 0.4) is 0 Å². The summed E-state index contributed by atoms with van der Waals surface area (Å²) in [6, 6.07) is 9.52. The van der Waals surface area contributed by atoms with Crippen molar-refractivity contribution in [2.75, 3.05) is 11.9 Å². The molecule has 5 heteroatoms. The van der Waals surface area contributed by atoms with Crippen LogP contribution >= 0.6 is 11.3 Å². The Labute approximate surface area is 128 Å². The second-order valence-corrected chi connectivity index (χ2v) is 6.14. The maximum atomic E-state index is 11.9. The zero-order chi connectivity index (χ0) is 14.5. The molecule has 3 rings (SSSR count). The molecule has 0 radical (unpaired) electrons. The van der Waals surface area contributed by atoms with E-state index in [1.807, 2.05) is 30.3 Å². The van der Waals surface area contributed by atoms with Gasteiger partial charge < -0.3 is 10.1 Å². The first kappa shape index (κ1) is 14.1. The SMILES string of the molecule is O=C(CCOc1ccccc1)Nc1nc2c(s1)CCCC2. The Balaban J connectivity index is 1.47. The minimum Gasteiger partial charge on any atom is -0.493 e. The molecule has 1 aromatic heterocycles. The van der Waals surface area contributed by atoms with E-state index in [4.69, 9.17) is 4.74 Å². The van der Waals surface area contributed by atoms with E-state index in [0.717, 1.165) is 23.7 Å². The number of thiazole rings is 1. The monoisotopic (exact) mass is 302 g/mol. The van der Waals surface area contributed by atoms with Crippen LogP contribution in [-0.2, 0) is 17.6 Å². The van der Waals surface area contributed by atoms with E-state index < -0.39 is 0 Å². The first-order valence-electron chi connectivity index (χ1n) is 7.27. The number of nitrogens with one attached hydrogen (secondary N) is 1. The molecule has 0 spiro atoms. The second kappa shape index (κ2) is 6.72. The topological polar surface area (TPSA) is 51.2 Å². The van der Waals surface area contributed by atoms with E-state index >= 15 is 0 Å². The van der Waals surface area contributed by atoms with Crippen LogP contribution in [0.4, 0.5) is 5.13 Å². The van der Waals surface area contributed by atoms with Crippen LogP contribution in [0.15, 0.2) is 30.3 Å². The van der Waals surface area contributed by atoms with E-state index in [2.05, 4.69) is 10.3 Å². The highest BCUT2D eigenvalue weighted by Gasteiger charge is 2.16. The largest absolute Gasteiger partial charge is 0.493 e. The number of rotatable bonds is 5. The summed E-state index contributed by atoms with van der Waals surface area (Å²) in [5, 5.41) is 3.60. The smallest absolute Gasteiger partial charge is 0.229 e. The predicted molar refractivity (Wildman–Crippen MR) is 83.9 cm³/mol. The summed E-state index contributed by atoms with van der Waals surface area (Å²) < 4.78 is 5.52. The number of carbonyl (C=O) groups is 1. The Morgan fingerprint density at radius 2 is 2.05 bits per heavy atom. The van der Waals surface area contributed by atoms with Crippen molar-refractivity contribution in [2.24, 2.45) is 0 Å². The number of amides is 1. The minimum absolute atomic E-state index is 0.0444. The number of nitrogens with zero attached hydrogens (tertiary/aromatic N) is 1. The van der Waals surface area contributed by atoms with E-state index in [0.29, 0.717) is 13.0 Å². The molecule has 2 aromatic rings. The molecule has 1 aliphatic carbocycles. The van der Waals surface area contributed by atoms with Crippen molar-refractivity contribution in [1.29, 1.82) is 0 Å². The Bertz CT molecular complexity index is 586. The molecule has 0 fully saturated rings. The molecule has 0 bridgehead atoms. The van der Waals surface area contributed by atoms with Crippen LogP contribution in [0.1, 0.15) is 29.8 Å². The molecule has 0 aliphatic heterocycles. The molecule has 0 unspecified atom stereocenters. The maximum absolute atomic E-state index is 11.9. The first-order valence-corrected chi connectivity index (χ1v) is 8.09. The molecule has 1 aliphatic rings. The third kappa shape index (κ3) is 3.82. The summed E-state index contributed by atoms with van der Waals surface area (Å²) in [6.07, 6.45) is 4.90. The van der Waals surface area contributed by atoms with Crippen molar-refractivity contribution >= 4 is 22.4 Å².